The molecule has 0 atom stereocenters. The number of benzene rings is 2. The molecule has 3 aromatic rings. The molecule has 0 aliphatic carbocycles. The van der Waals surface area contributed by atoms with Gasteiger partial charge in [0.25, 0.3) is 0 Å². The van der Waals surface area contributed by atoms with Crippen molar-refractivity contribution in [1.29, 1.82) is 0 Å². The number of aryl methyl sites for hydroxylation is 1. The first kappa shape index (κ1) is 21.4. The summed E-state index contributed by atoms with van der Waals surface area (Å²) >= 11 is 6.62. The molecule has 3 rings (SSSR count). The largest absolute Gasteiger partial charge is 0.507 e. The van der Waals surface area contributed by atoms with E-state index in [1.165, 1.54) is 13.0 Å². The van der Waals surface area contributed by atoms with Crippen molar-refractivity contribution in [2.24, 2.45) is 5.92 Å². The zero-order chi connectivity index (χ0) is 20.3. The monoisotopic (exact) mass is 494 g/mol. The van der Waals surface area contributed by atoms with Crippen molar-refractivity contribution in [3.63, 3.8) is 0 Å². The lowest BCUT2D eigenvalue weighted by molar-refractivity contribution is 0.0912. The van der Waals surface area contributed by atoms with Gasteiger partial charge in [-0.25, -0.2) is 0 Å². The Morgan fingerprint density at radius 3 is 2.19 bits per heavy atom. The van der Waals surface area contributed by atoms with Crippen LogP contribution < -0.4 is 0 Å². The van der Waals surface area contributed by atoms with Crippen molar-refractivity contribution >= 4 is 54.4 Å². The fourth-order valence-corrected chi connectivity index (χ4v) is 3.20. The van der Waals surface area contributed by atoms with Crippen LogP contribution in [0.25, 0.3) is 11.0 Å². The van der Waals surface area contributed by atoms with Crippen LogP contribution in [0.4, 0.5) is 0 Å². The number of hydrogen-bond donors (Lipinski definition) is 1. The summed E-state index contributed by atoms with van der Waals surface area (Å²) in [5, 5.41) is 10.2. The summed E-state index contributed by atoms with van der Waals surface area (Å²) in [7, 11) is 0. The predicted octanol–water partition coefficient (Wildman–Crippen LogP) is 6.70. The topological polar surface area (TPSA) is 67.5 Å². The standard InChI is InChI=1S/C13H13BrO2.C8H7BrO2/c1-7(2)12(15)13-8(3)10-6-9(14)4-5-11(10)16-13;1-5(10)7-4-6(9)2-3-8(7)11/h4-7H,1-3H3;2-4,11H,1H3. The number of halogens is 2. The minimum atomic E-state index is -0.135. The highest BCUT2D eigenvalue weighted by Crippen LogP contribution is 2.29. The number of hydrogen-bond acceptors (Lipinski definition) is 4. The van der Waals surface area contributed by atoms with Crippen LogP contribution in [0.15, 0.2) is 49.8 Å². The molecular formula is C21H20Br2O4. The summed E-state index contributed by atoms with van der Waals surface area (Å²) in [4.78, 5) is 22.8. The Kier molecular flexibility index (Phi) is 7.00. The summed E-state index contributed by atoms with van der Waals surface area (Å²) in [6.45, 7) is 7.10. The smallest absolute Gasteiger partial charge is 0.200 e. The molecule has 0 saturated heterocycles. The molecule has 0 aliphatic rings. The van der Waals surface area contributed by atoms with Crippen LogP contribution in [0.3, 0.4) is 0 Å². The van der Waals surface area contributed by atoms with Gasteiger partial charge < -0.3 is 9.52 Å². The lowest BCUT2D eigenvalue weighted by atomic mass is 10.0. The highest BCUT2D eigenvalue weighted by molar-refractivity contribution is 9.10. The maximum Gasteiger partial charge on any atom is 0.200 e. The first-order valence-corrected chi connectivity index (χ1v) is 9.92. The van der Waals surface area contributed by atoms with Crippen molar-refractivity contribution in [2.45, 2.75) is 27.7 Å². The van der Waals surface area contributed by atoms with Gasteiger partial charge in [0.15, 0.2) is 11.5 Å². The average Bonchev–Trinajstić information content (AvgIpc) is 2.93. The van der Waals surface area contributed by atoms with E-state index in [0.717, 1.165) is 25.5 Å². The van der Waals surface area contributed by atoms with Crippen LogP contribution >= 0.6 is 31.9 Å². The highest BCUT2D eigenvalue weighted by atomic mass is 79.9. The molecule has 0 spiro atoms. The van der Waals surface area contributed by atoms with Crippen LogP contribution in [-0.2, 0) is 0 Å². The molecule has 0 saturated carbocycles. The van der Waals surface area contributed by atoms with Gasteiger partial charge in [-0.1, -0.05) is 45.7 Å². The minimum absolute atomic E-state index is 0.0284. The number of furan rings is 1. The first-order chi connectivity index (χ1) is 12.6. The third-order valence-corrected chi connectivity index (χ3v) is 4.97. The number of ketones is 2. The van der Waals surface area contributed by atoms with Crippen molar-refractivity contribution < 1.29 is 19.1 Å². The number of carbonyl (C=O) groups excluding carboxylic acids is 2. The lowest BCUT2D eigenvalue weighted by Gasteiger charge is -2.00. The molecular weight excluding hydrogens is 476 g/mol. The zero-order valence-corrected chi connectivity index (χ0v) is 18.6. The van der Waals surface area contributed by atoms with E-state index >= 15 is 0 Å². The molecule has 0 fully saturated rings. The summed E-state index contributed by atoms with van der Waals surface area (Å²) < 4.78 is 7.39. The second kappa shape index (κ2) is 8.85. The van der Waals surface area contributed by atoms with Crippen LogP contribution in [0, 0.1) is 12.8 Å². The number of Topliss-reactive ketones (excluding diaryl/α,β-unsaturated/α-hetero) is 2. The molecule has 1 N–H and O–H groups in total. The summed E-state index contributed by atoms with van der Waals surface area (Å²) in [5.41, 5.74) is 2.04. The molecule has 27 heavy (non-hydrogen) atoms. The summed E-state index contributed by atoms with van der Waals surface area (Å²) in [6.07, 6.45) is 0. The van der Waals surface area contributed by atoms with Crippen LogP contribution in [-0.4, -0.2) is 16.7 Å². The number of phenols is 1. The Hall–Kier alpha value is -1.92. The van der Waals surface area contributed by atoms with E-state index in [2.05, 4.69) is 31.9 Å². The molecule has 0 amide bonds. The fraction of sp³-hybridized carbons (Fsp3) is 0.238. The van der Waals surface area contributed by atoms with E-state index in [-0.39, 0.29) is 23.2 Å². The SMILES string of the molecule is CC(=O)c1cc(Br)ccc1O.Cc1c(C(=O)C(C)C)oc2ccc(Br)cc12. The molecule has 2 aromatic carbocycles. The van der Waals surface area contributed by atoms with Gasteiger partial charge in [-0.2, -0.15) is 0 Å². The Labute approximate surface area is 174 Å². The number of phenolic OH excluding ortho intramolecular Hbond substituents is 1. The summed E-state index contributed by atoms with van der Waals surface area (Å²) in [6, 6.07) is 10.5. The molecule has 0 unspecified atom stereocenters. The van der Waals surface area contributed by atoms with E-state index in [0.29, 0.717) is 11.3 Å². The quantitative estimate of drug-likeness (QED) is 0.410. The maximum absolute atomic E-state index is 11.9. The second-order valence-electron chi connectivity index (χ2n) is 6.43. The Balaban J connectivity index is 0.000000208. The molecule has 0 bridgehead atoms. The third kappa shape index (κ3) is 5.08. The van der Waals surface area contributed by atoms with Gasteiger partial charge in [0.2, 0.25) is 5.78 Å². The number of rotatable bonds is 3. The highest BCUT2D eigenvalue weighted by Gasteiger charge is 2.19. The zero-order valence-electron chi connectivity index (χ0n) is 15.5. The summed E-state index contributed by atoms with van der Waals surface area (Å²) in [5.74, 6) is 0.403. The molecule has 142 valence electrons. The Morgan fingerprint density at radius 2 is 1.63 bits per heavy atom. The van der Waals surface area contributed by atoms with E-state index in [9.17, 15) is 9.59 Å². The van der Waals surface area contributed by atoms with Crippen molar-refractivity contribution in [3.05, 3.63) is 62.2 Å². The maximum atomic E-state index is 11.9. The fourth-order valence-electron chi connectivity index (χ4n) is 2.48. The Morgan fingerprint density at radius 1 is 1.04 bits per heavy atom. The van der Waals surface area contributed by atoms with Gasteiger partial charge >= 0.3 is 0 Å². The number of carbonyl (C=O) groups is 2. The van der Waals surface area contributed by atoms with Crippen LogP contribution in [0.5, 0.6) is 5.75 Å². The molecule has 6 heteroatoms. The van der Waals surface area contributed by atoms with E-state index < -0.39 is 0 Å². The van der Waals surface area contributed by atoms with E-state index in [1.807, 2.05) is 39.0 Å². The molecule has 1 heterocycles. The predicted molar refractivity (Wildman–Crippen MR) is 114 cm³/mol. The minimum Gasteiger partial charge on any atom is -0.507 e. The van der Waals surface area contributed by atoms with Gasteiger partial charge in [0.05, 0.1) is 5.56 Å². The normalized spacial score (nSPS) is 10.6. The van der Waals surface area contributed by atoms with Gasteiger partial charge in [-0.3, -0.25) is 9.59 Å². The van der Waals surface area contributed by atoms with Crippen molar-refractivity contribution in [1.82, 2.24) is 0 Å². The van der Waals surface area contributed by atoms with E-state index in [1.54, 1.807) is 12.1 Å². The third-order valence-electron chi connectivity index (χ3n) is 3.98. The lowest BCUT2D eigenvalue weighted by Crippen LogP contribution is -2.07. The second-order valence-corrected chi connectivity index (χ2v) is 8.26. The molecule has 1 aromatic heterocycles. The number of fused-ring (bicyclic) bond motifs is 1. The molecule has 4 nitrogen and oxygen atoms in total. The van der Waals surface area contributed by atoms with Gasteiger partial charge in [0, 0.05) is 25.8 Å². The van der Waals surface area contributed by atoms with Crippen molar-refractivity contribution in [2.75, 3.05) is 0 Å². The van der Waals surface area contributed by atoms with Gasteiger partial charge in [-0.05, 0) is 50.2 Å². The molecule has 0 radical (unpaired) electrons. The van der Waals surface area contributed by atoms with Gasteiger partial charge in [-0.15, -0.1) is 0 Å². The van der Waals surface area contributed by atoms with Gasteiger partial charge in [0.1, 0.15) is 11.3 Å². The van der Waals surface area contributed by atoms with E-state index in [4.69, 9.17) is 9.52 Å². The first-order valence-electron chi connectivity index (χ1n) is 8.34. The average molecular weight is 496 g/mol. The number of aromatic hydroxyl groups is 1. The van der Waals surface area contributed by atoms with Crippen LogP contribution in [0.2, 0.25) is 0 Å². The van der Waals surface area contributed by atoms with Crippen molar-refractivity contribution in [3.8, 4) is 5.75 Å². The van der Waals surface area contributed by atoms with Crippen LogP contribution in [0.1, 0.15) is 47.2 Å². The Bertz CT molecular complexity index is 1000. The molecule has 0 aliphatic heterocycles.